The molecule has 16 heavy (non-hydrogen) atoms. The highest BCUT2D eigenvalue weighted by atomic mass is 16.5. The second kappa shape index (κ2) is 4.72. The van der Waals surface area contributed by atoms with E-state index < -0.39 is 0 Å². The molecule has 4 heteroatoms. The predicted molar refractivity (Wildman–Crippen MR) is 61.8 cm³/mol. The van der Waals surface area contributed by atoms with Gasteiger partial charge < -0.3 is 15.8 Å². The SMILES string of the molecule is CC(C)C(CN)C(=O)NC1CC2CCC1O2. The molecule has 2 bridgehead atoms. The summed E-state index contributed by atoms with van der Waals surface area (Å²) in [5, 5.41) is 3.10. The number of fused-ring (bicyclic) bond motifs is 2. The van der Waals surface area contributed by atoms with E-state index in [1.807, 2.05) is 13.8 Å². The lowest BCUT2D eigenvalue weighted by Crippen LogP contribution is -2.46. The van der Waals surface area contributed by atoms with Gasteiger partial charge >= 0.3 is 0 Å². The summed E-state index contributed by atoms with van der Waals surface area (Å²) < 4.78 is 5.71. The zero-order valence-electron chi connectivity index (χ0n) is 10.1. The molecule has 0 aromatic carbocycles. The van der Waals surface area contributed by atoms with Crippen LogP contribution in [0.3, 0.4) is 0 Å². The molecule has 0 saturated carbocycles. The molecule has 0 aromatic rings. The van der Waals surface area contributed by atoms with Crippen LogP contribution in [0.1, 0.15) is 33.1 Å². The van der Waals surface area contributed by atoms with Gasteiger partial charge in [-0.2, -0.15) is 0 Å². The monoisotopic (exact) mass is 226 g/mol. The second-order valence-electron chi connectivity index (χ2n) is 5.31. The summed E-state index contributed by atoms with van der Waals surface area (Å²) in [5.74, 6) is 0.322. The van der Waals surface area contributed by atoms with Gasteiger partial charge in [-0.25, -0.2) is 0 Å². The summed E-state index contributed by atoms with van der Waals surface area (Å²) in [6, 6.07) is 0.221. The number of ether oxygens (including phenoxy) is 1. The Morgan fingerprint density at radius 2 is 2.25 bits per heavy atom. The zero-order chi connectivity index (χ0) is 11.7. The lowest BCUT2D eigenvalue weighted by molar-refractivity contribution is -0.127. The first-order valence-corrected chi connectivity index (χ1v) is 6.27. The van der Waals surface area contributed by atoms with Crippen molar-refractivity contribution >= 4 is 5.91 Å². The largest absolute Gasteiger partial charge is 0.373 e. The summed E-state index contributed by atoms with van der Waals surface area (Å²) in [6.45, 7) is 4.49. The van der Waals surface area contributed by atoms with Gasteiger partial charge in [0.25, 0.3) is 0 Å². The number of hydrogen-bond acceptors (Lipinski definition) is 3. The van der Waals surface area contributed by atoms with Gasteiger partial charge in [0.05, 0.1) is 24.2 Å². The quantitative estimate of drug-likeness (QED) is 0.740. The maximum Gasteiger partial charge on any atom is 0.224 e. The molecule has 4 nitrogen and oxygen atoms in total. The molecule has 92 valence electrons. The zero-order valence-corrected chi connectivity index (χ0v) is 10.1. The van der Waals surface area contributed by atoms with Gasteiger partial charge in [0.15, 0.2) is 0 Å². The molecule has 4 unspecified atom stereocenters. The number of rotatable bonds is 4. The predicted octanol–water partition coefficient (Wildman–Crippen LogP) is 0.653. The Hall–Kier alpha value is -0.610. The third kappa shape index (κ3) is 2.23. The van der Waals surface area contributed by atoms with Gasteiger partial charge in [-0.15, -0.1) is 0 Å². The van der Waals surface area contributed by atoms with Gasteiger partial charge in [0.1, 0.15) is 0 Å². The lowest BCUT2D eigenvalue weighted by atomic mass is 9.92. The molecular formula is C12H22N2O2. The Balaban J connectivity index is 1.87. The maximum atomic E-state index is 12.0. The summed E-state index contributed by atoms with van der Waals surface area (Å²) in [7, 11) is 0. The van der Waals surface area contributed by atoms with Crippen molar-refractivity contribution in [1.29, 1.82) is 0 Å². The molecule has 0 radical (unpaired) electrons. The van der Waals surface area contributed by atoms with Crippen LogP contribution >= 0.6 is 0 Å². The smallest absolute Gasteiger partial charge is 0.224 e. The molecule has 2 rings (SSSR count). The molecule has 4 atom stereocenters. The van der Waals surface area contributed by atoms with Crippen LogP contribution in [0.2, 0.25) is 0 Å². The number of hydrogen-bond donors (Lipinski definition) is 2. The van der Waals surface area contributed by atoms with Crippen LogP contribution in [-0.2, 0) is 9.53 Å². The van der Waals surface area contributed by atoms with Crippen molar-refractivity contribution in [2.75, 3.05) is 6.54 Å². The third-order valence-electron chi connectivity index (χ3n) is 3.83. The second-order valence-corrected chi connectivity index (χ2v) is 5.31. The molecule has 3 N–H and O–H groups in total. The topological polar surface area (TPSA) is 64.4 Å². The van der Waals surface area contributed by atoms with Crippen molar-refractivity contribution < 1.29 is 9.53 Å². The van der Waals surface area contributed by atoms with E-state index in [9.17, 15) is 4.79 Å². The first kappa shape index (κ1) is 11.9. The molecule has 2 aliphatic heterocycles. The molecule has 0 aliphatic carbocycles. The average molecular weight is 226 g/mol. The van der Waals surface area contributed by atoms with Gasteiger partial charge in [0.2, 0.25) is 5.91 Å². The van der Waals surface area contributed by atoms with Gasteiger partial charge in [0, 0.05) is 6.54 Å². The summed E-state index contributed by atoms with van der Waals surface area (Å²) >= 11 is 0. The summed E-state index contributed by atoms with van der Waals surface area (Å²) in [5.41, 5.74) is 5.63. The van der Waals surface area contributed by atoms with Crippen LogP contribution in [-0.4, -0.2) is 30.7 Å². The van der Waals surface area contributed by atoms with Gasteiger partial charge in [-0.05, 0) is 25.2 Å². The highest BCUT2D eigenvalue weighted by Gasteiger charge is 2.41. The number of carbonyl (C=O) groups is 1. The van der Waals surface area contributed by atoms with Crippen molar-refractivity contribution in [3.05, 3.63) is 0 Å². The standard InChI is InChI=1S/C12H22N2O2/c1-7(2)9(6-13)12(15)14-10-5-8-3-4-11(10)16-8/h7-11H,3-6,13H2,1-2H3,(H,14,15). The first-order chi connectivity index (χ1) is 7.61. The normalized spacial score (nSPS) is 34.4. The van der Waals surface area contributed by atoms with E-state index >= 15 is 0 Å². The fourth-order valence-corrected chi connectivity index (χ4v) is 2.76. The van der Waals surface area contributed by atoms with E-state index in [1.165, 1.54) is 0 Å². The third-order valence-corrected chi connectivity index (χ3v) is 3.83. The van der Waals surface area contributed by atoms with Crippen molar-refractivity contribution in [1.82, 2.24) is 5.32 Å². The number of nitrogens with one attached hydrogen (secondary N) is 1. The number of amides is 1. The van der Waals surface area contributed by atoms with Crippen LogP contribution in [0.4, 0.5) is 0 Å². The minimum absolute atomic E-state index is 0.0703. The van der Waals surface area contributed by atoms with Crippen LogP contribution in [0.15, 0.2) is 0 Å². The molecule has 0 aromatic heterocycles. The van der Waals surface area contributed by atoms with E-state index in [1.54, 1.807) is 0 Å². The Kier molecular flexibility index (Phi) is 3.50. The van der Waals surface area contributed by atoms with Crippen molar-refractivity contribution in [3.63, 3.8) is 0 Å². The molecule has 2 fully saturated rings. The van der Waals surface area contributed by atoms with E-state index in [-0.39, 0.29) is 24.0 Å². The number of carbonyl (C=O) groups excluding carboxylic acids is 1. The van der Waals surface area contributed by atoms with Crippen LogP contribution in [0, 0.1) is 11.8 Å². The minimum atomic E-state index is -0.0703. The minimum Gasteiger partial charge on any atom is -0.373 e. The van der Waals surface area contributed by atoms with Crippen LogP contribution < -0.4 is 11.1 Å². The van der Waals surface area contributed by atoms with Gasteiger partial charge in [-0.1, -0.05) is 13.8 Å². The van der Waals surface area contributed by atoms with Crippen molar-refractivity contribution in [2.45, 2.75) is 51.4 Å². The van der Waals surface area contributed by atoms with Crippen LogP contribution in [0.5, 0.6) is 0 Å². The Labute approximate surface area is 96.9 Å². The summed E-state index contributed by atoms with van der Waals surface area (Å²) in [4.78, 5) is 12.0. The molecule has 2 heterocycles. The Morgan fingerprint density at radius 3 is 2.69 bits per heavy atom. The summed E-state index contributed by atoms with van der Waals surface area (Å²) in [6.07, 6.45) is 3.85. The highest BCUT2D eigenvalue weighted by Crippen LogP contribution is 2.34. The molecular weight excluding hydrogens is 204 g/mol. The highest BCUT2D eigenvalue weighted by molar-refractivity contribution is 5.79. The number of nitrogens with two attached hydrogens (primary N) is 1. The van der Waals surface area contributed by atoms with E-state index in [2.05, 4.69) is 5.32 Å². The maximum absolute atomic E-state index is 12.0. The fourth-order valence-electron chi connectivity index (χ4n) is 2.76. The van der Waals surface area contributed by atoms with E-state index in [0.29, 0.717) is 18.6 Å². The molecule has 2 saturated heterocycles. The Bertz CT molecular complexity index is 268. The fraction of sp³-hybridized carbons (Fsp3) is 0.917. The molecule has 0 spiro atoms. The van der Waals surface area contributed by atoms with Gasteiger partial charge in [-0.3, -0.25) is 4.79 Å². The molecule has 1 amide bonds. The Morgan fingerprint density at radius 1 is 1.50 bits per heavy atom. The lowest BCUT2D eigenvalue weighted by Gasteiger charge is -2.24. The average Bonchev–Trinajstić information content (AvgIpc) is 2.79. The van der Waals surface area contributed by atoms with E-state index in [4.69, 9.17) is 10.5 Å². The van der Waals surface area contributed by atoms with Crippen LogP contribution in [0.25, 0.3) is 0 Å². The molecule has 2 aliphatic rings. The van der Waals surface area contributed by atoms with E-state index in [0.717, 1.165) is 19.3 Å². The van der Waals surface area contributed by atoms with Crippen molar-refractivity contribution in [2.24, 2.45) is 17.6 Å². The first-order valence-electron chi connectivity index (χ1n) is 6.27. The van der Waals surface area contributed by atoms with Crippen molar-refractivity contribution in [3.8, 4) is 0 Å².